The number of carbonyl (C=O) groups is 5. The average molecular weight is 756 g/mol. The van der Waals surface area contributed by atoms with Gasteiger partial charge in [0.15, 0.2) is 17.4 Å². The minimum absolute atomic E-state index is 0.00720. The lowest BCUT2D eigenvalue weighted by molar-refractivity contribution is -0.158. The lowest BCUT2D eigenvalue weighted by atomic mass is 9.97. The molecule has 4 aromatic rings. The molecule has 2 aliphatic heterocycles. The standard InChI is InChI=1S/C36H34F5N7O6/c1-18-23-14-20(37)15-24(38)29(23)54-28(18)30(36(39,40)41)47-35(53)45-21-16-43-34(44-17-21)42-13-6-4-2-3-5-8-19-9-7-10-22-27(19)33(52)48(32(22)51)25-11-12-26(49)46-31(25)50/h7,9-10,14-17,25,30H,2-6,8,11-13H2,1H3,(H,42,43,44)(H2,45,47,53)(H,46,49,50)/t25?,30-/m1/s1. The number of nitrogens with one attached hydrogen (secondary N) is 4. The lowest BCUT2D eigenvalue weighted by Crippen LogP contribution is -2.54. The van der Waals surface area contributed by atoms with Crippen LogP contribution in [-0.2, 0) is 16.0 Å². The second-order valence-corrected chi connectivity index (χ2v) is 13.0. The number of urea groups is 1. The Balaban J connectivity index is 0.922. The Hall–Kier alpha value is -5.94. The van der Waals surface area contributed by atoms with Crippen molar-refractivity contribution in [2.24, 2.45) is 0 Å². The first kappa shape index (κ1) is 37.8. The smallest absolute Gasteiger partial charge is 0.416 e. The third-order valence-electron chi connectivity index (χ3n) is 9.23. The summed E-state index contributed by atoms with van der Waals surface area (Å²) in [6.07, 6.45) is 2.16. The van der Waals surface area contributed by atoms with Crippen molar-refractivity contribution in [2.75, 3.05) is 17.2 Å². The number of fused-ring (bicyclic) bond motifs is 2. The summed E-state index contributed by atoms with van der Waals surface area (Å²) in [6, 6.07) is 1.45. The molecule has 0 radical (unpaired) electrons. The van der Waals surface area contributed by atoms with Gasteiger partial charge in [-0.25, -0.2) is 23.5 Å². The first-order chi connectivity index (χ1) is 25.7. The van der Waals surface area contributed by atoms with Crippen LogP contribution in [0.15, 0.2) is 47.1 Å². The third kappa shape index (κ3) is 8.01. The number of benzene rings is 2. The van der Waals surface area contributed by atoms with E-state index < -0.39 is 70.9 Å². The molecule has 1 unspecified atom stereocenters. The second-order valence-electron chi connectivity index (χ2n) is 13.0. The molecule has 2 atom stereocenters. The SMILES string of the molecule is Cc1c([C@@H](NC(=O)Nc2cnc(NCCCCCCCc3cccc4c3C(=O)N(C3CCC(=O)NC3=O)C4=O)nc2)C(F)(F)F)oc2c(F)cc(F)cc12. The molecule has 0 spiro atoms. The van der Waals surface area contributed by atoms with Crippen LogP contribution in [0.4, 0.5) is 38.4 Å². The maximum atomic E-state index is 14.2. The topological polar surface area (TPSA) is 176 Å². The average Bonchev–Trinajstić information content (AvgIpc) is 3.57. The molecule has 284 valence electrons. The van der Waals surface area contributed by atoms with Crippen molar-refractivity contribution >= 4 is 52.3 Å². The fourth-order valence-corrected chi connectivity index (χ4v) is 6.58. The quantitative estimate of drug-likeness (QED) is 0.0699. The highest BCUT2D eigenvalue weighted by Crippen LogP contribution is 2.39. The van der Waals surface area contributed by atoms with Gasteiger partial charge < -0.3 is 20.4 Å². The van der Waals surface area contributed by atoms with Gasteiger partial charge in [0.1, 0.15) is 17.6 Å². The Morgan fingerprint density at radius 1 is 1.02 bits per heavy atom. The van der Waals surface area contributed by atoms with Gasteiger partial charge >= 0.3 is 12.2 Å². The van der Waals surface area contributed by atoms with Crippen molar-refractivity contribution in [3.8, 4) is 0 Å². The Kier molecular flexibility index (Phi) is 10.9. The van der Waals surface area contributed by atoms with Crippen molar-refractivity contribution in [3.05, 3.63) is 82.4 Å². The number of aryl methyl sites for hydroxylation is 2. The number of carbonyl (C=O) groups excluding carboxylic acids is 5. The van der Waals surface area contributed by atoms with Crippen LogP contribution in [-0.4, -0.2) is 63.3 Å². The Labute approximate surface area is 304 Å². The fourth-order valence-electron chi connectivity index (χ4n) is 6.58. The zero-order valence-corrected chi connectivity index (χ0v) is 28.7. The summed E-state index contributed by atoms with van der Waals surface area (Å²) in [5.74, 6) is -4.89. The van der Waals surface area contributed by atoms with E-state index in [0.29, 0.717) is 24.6 Å². The molecule has 6 rings (SSSR count). The van der Waals surface area contributed by atoms with Crippen LogP contribution in [0.1, 0.15) is 88.6 Å². The number of amides is 6. The monoisotopic (exact) mass is 755 g/mol. The zero-order valence-electron chi connectivity index (χ0n) is 28.7. The van der Waals surface area contributed by atoms with Crippen LogP contribution in [0.25, 0.3) is 11.0 Å². The maximum Gasteiger partial charge on any atom is 0.416 e. The van der Waals surface area contributed by atoms with Crippen LogP contribution in [0.3, 0.4) is 0 Å². The maximum absolute atomic E-state index is 14.2. The van der Waals surface area contributed by atoms with Crippen LogP contribution < -0.4 is 21.3 Å². The molecule has 54 heavy (non-hydrogen) atoms. The van der Waals surface area contributed by atoms with Crippen LogP contribution >= 0.6 is 0 Å². The van der Waals surface area contributed by atoms with Crippen molar-refractivity contribution < 1.29 is 50.3 Å². The van der Waals surface area contributed by atoms with Gasteiger partial charge in [-0.05, 0) is 50.3 Å². The summed E-state index contributed by atoms with van der Waals surface area (Å²) >= 11 is 0. The van der Waals surface area contributed by atoms with Gasteiger partial charge in [-0.1, -0.05) is 31.4 Å². The number of furan rings is 1. The number of imide groups is 2. The van der Waals surface area contributed by atoms with Gasteiger partial charge in [0.05, 0.1) is 29.2 Å². The molecular formula is C36H34F5N7O6. The van der Waals surface area contributed by atoms with Gasteiger partial charge in [-0.2, -0.15) is 13.2 Å². The van der Waals surface area contributed by atoms with Gasteiger partial charge in [-0.15, -0.1) is 0 Å². The fraction of sp³-hybridized carbons (Fsp3) is 0.361. The molecule has 1 fully saturated rings. The van der Waals surface area contributed by atoms with Gasteiger partial charge in [0.25, 0.3) is 11.8 Å². The van der Waals surface area contributed by atoms with E-state index in [2.05, 4.69) is 25.9 Å². The van der Waals surface area contributed by atoms with Crippen molar-refractivity contribution in [1.29, 1.82) is 0 Å². The molecule has 18 heteroatoms. The molecule has 0 saturated carbocycles. The number of halogens is 5. The number of piperidine rings is 1. The highest BCUT2D eigenvalue weighted by Gasteiger charge is 2.46. The van der Waals surface area contributed by atoms with Gasteiger partial charge in [-0.3, -0.25) is 29.4 Å². The number of hydrogen-bond donors (Lipinski definition) is 4. The second kappa shape index (κ2) is 15.6. The zero-order chi connectivity index (χ0) is 38.7. The van der Waals surface area contributed by atoms with Crippen LogP contribution in [0.2, 0.25) is 0 Å². The number of anilines is 2. The number of rotatable bonds is 13. The summed E-state index contributed by atoms with van der Waals surface area (Å²) in [5.41, 5.74) is 0.531. The highest BCUT2D eigenvalue weighted by molar-refractivity contribution is 6.24. The van der Waals surface area contributed by atoms with Gasteiger partial charge in [0.2, 0.25) is 17.8 Å². The Morgan fingerprint density at radius 2 is 1.74 bits per heavy atom. The minimum Gasteiger partial charge on any atom is -0.455 e. The van der Waals surface area contributed by atoms with E-state index in [9.17, 15) is 45.9 Å². The molecule has 4 heterocycles. The summed E-state index contributed by atoms with van der Waals surface area (Å²) < 4.78 is 74.8. The molecule has 2 aromatic heterocycles. The number of hydrogen-bond acceptors (Lipinski definition) is 9. The molecule has 1 saturated heterocycles. The molecule has 4 N–H and O–H groups in total. The predicted molar refractivity (Wildman–Crippen MR) is 182 cm³/mol. The van der Waals surface area contributed by atoms with E-state index in [-0.39, 0.29) is 41.0 Å². The molecule has 0 aliphatic carbocycles. The summed E-state index contributed by atoms with van der Waals surface area (Å²) in [5, 5.41) is 9.01. The minimum atomic E-state index is -5.04. The molecular weight excluding hydrogens is 721 g/mol. The highest BCUT2D eigenvalue weighted by atomic mass is 19.4. The summed E-state index contributed by atoms with van der Waals surface area (Å²) in [6.45, 7) is 1.71. The summed E-state index contributed by atoms with van der Waals surface area (Å²) in [4.78, 5) is 71.8. The number of nitrogens with zero attached hydrogens (tertiary/aromatic N) is 3. The molecule has 0 bridgehead atoms. The first-order valence-electron chi connectivity index (χ1n) is 17.1. The van der Waals surface area contributed by atoms with Crippen LogP contribution in [0, 0.1) is 18.6 Å². The van der Waals surface area contributed by atoms with E-state index >= 15 is 0 Å². The third-order valence-corrected chi connectivity index (χ3v) is 9.23. The Bertz CT molecular complexity index is 2120. The van der Waals surface area contributed by atoms with Crippen molar-refractivity contribution in [2.45, 2.75) is 76.6 Å². The molecule has 6 amide bonds. The predicted octanol–water partition coefficient (Wildman–Crippen LogP) is 6.24. The largest absolute Gasteiger partial charge is 0.455 e. The van der Waals surface area contributed by atoms with E-state index in [4.69, 9.17) is 4.42 Å². The van der Waals surface area contributed by atoms with E-state index in [0.717, 1.165) is 48.6 Å². The number of aromatic nitrogens is 2. The van der Waals surface area contributed by atoms with Crippen molar-refractivity contribution in [3.63, 3.8) is 0 Å². The Morgan fingerprint density at radius 3 is 2.46 bits per heavy atom. The molecule has 13 nitrogen and oxygen atoms in total. The lowest BCUT2D eigenvalue weighted by Gasteiger charge is -2.27. The van der Waals surface area contributed by atoms with E-state index in [1.54, 1.807) is 23.5 Å². The normalized spacial score (nSPS) is 16.4. The number of alkyl halides is 3. The number of unbranched alkanes of at least 4 members (excludes halogenated alkanes) is 4. The van der Waals surface area contributed by atoms with Crippen LogP contribution in [0.5, 0.6) is 0 Å². The first-order valence-corrected chi connectivity index (χ1v) is 17.1. The van der Waals surface area contributed by atoms with E-state index in [1.807, 2.05) is 0 Å². The van der Waals surface area contributed by atoms with Gasteiger partial charge in [0, 0.05) is 30.0 Å². The summed E-state index contributed by atoms with van der Waals surface area (Å²) in [7, 11) is 0. The molecule has 2 aromatic carbocycles. The van der Waals surface area contributed by atoms with E-state index in [1.165, 1.54) is 19.3 Å². The van der Waals surface area contributed by atoms with Crippen molar-refractivity contribution in [1.82, 2.24) is 25.5 Å². The molecule has 2 aliphatic rings.